The monoisotopic (exact) mass is 195 g/mol. The molecule has 1 N–H and O–H groups in total. The van der Waals surface area contributed by atoms with E-state index in [0.29, 0.717) is 5.41 Å². The fraction of sp³-hybridized carbons (Fsp3) is 1.00. The van der Waals surface area contributed by atoms with Crippen molar-refractivity contribution in [2.75, 3.05) is 6.54 Å². The molecule has 3 atom stereocenters. The van der Waals surface area contributed by atoms with Gasteiger partial charge in [-0.2, -0.15) is 0 Å². The van der Waals surface area contributed by atoms with E-state index >= 15 is 0 Å². The van der Waals surface area contributed by atoms with E-state index in [0.717, 1.165) is 17.9 Å². The fourth-order valence-corrected chi connectivity index (χ4v) is 2.58. The Kier molecular flexibility index (Phi) is 2.88. The van der Waals surface area contributed by atoms with Crippen LogP contribution in [0.15, 0.2) is 0 Å². The van der Waals surface area contributed by atoms with Gasteiger partial charge in [0.25, 0.3) is 0 Å². The van der Waals surface area contributed by atoms with Gasteiger partial charge in [0.1, 0.15) is 0 Å². The van der Waals surface area contributed by atoms with E-state index in [9.17, 15) is 0 Å². The van der Waals surface area contributed by atoms with Crippen molar-refractivity contribution in [2.45, 2.75) is 58.9 Å². The summed E-state index contributed by atoms with van der Waals surface area (Å²) >= 11 is 0. The molecule has 2 rings (SSSR count). The SMILES string of the molecule is CC1CCC(C)C(NCC2(C)CC2)C1. The van der Waals surface area contributed by atoms with E-state index in [1.807, 2.05) is 0 Å². The predicted octanol–water partition coefficient (Wildman–Crippen LogP) is 3.20. The molecule has 0 aromatic heterocycles. The number of rotatable bonds is 3. The second-order valence-corrected chi connectivity index (χ2v) is 6.19. The Balaban J connectivity index is 1.77. The van der Waals surface area contributed by atoms with E-state index in [1.54, 1.807) is 0 Å². The lowest BCUT2D eigenvalue weighted by Crippen LogP contribution is -2.41. The van der Waals surface area contributed by atoms with Crippen molar-refractivity contribution in [1.82, 2.24) is 5.32 Å². The van der Waals surface area contributed by atoms with Crippen LogP contribution in [0.2, 0.25) is 0 Å². The van der Waals surface area contributed by atoms with Gasteiger partial charge in [0.15, 0.2) is 0 Å². The maximum Gasteiger partial charge on any atom is 0.00954 e. The Labute approximate surface area is 88.7 Å². The summed E-state index contributed by atoms with van der Waals surface area (Å²) in [5.74, 6) is 1.84. The Morgan fingerprint density at radius 2 is 1.93 bits per heavy atom. The maximum absolute atomic E-state index is 3.80. The van der Waals surface area contributed by atoms with Crippen molar-refractivity contribution < 1.29 is 0 Å². The van der Waals surface area contributed by atoms with Crippen LogP contribution in [-0.4, -0.2) is 12.6 Å². The zero-order valence-electron chi connectivity index (χ0n) is 9.97. The summed E-state index contributed by atoms with van der Waals surface area (Å²) < 4.78 is 0. The number of hydrogen-bond donors (Lipinski definition) is 1. The largest absolute Gasteiger partial charge is 0.313 e. The Morgan fingerprint density at radius 1 is 1.21 bits per heavy atom. The van der Waals surface area contributed by atoms with Crippen LogP contribution in [0.4, 0.5) is 0 Å². The quantitative estimate of drug-likeness (QED) is 0.729. The van der Waals surface area contributed by atoms with Crippen LogP contribution in [-0.2, 0) is 0 Å². The number of nitrogens with one attached hydrogen (secondary N) is 1. The summed E-state index contributed by atoms with van der Waals surface area (Å²) in [6.07, 6.45) is 7.15. The van der Waals surface area contributed by atoms with Gasteiger partial charge >= 0.3 is 0 Å². The summed E-state index contributed by atoms with van der Waals surface area (Å²) in [4.78, 5) is 0. The van der Waals surface area contributed by atoms with Gasteiger partial charge in [0.05, 0.1) is 0 Å². The molecular formula is C13H25N. The van der Waals surface area contributed by atoms with Crippen LogP contribution in [0.3, 0.4) is 0 Å². The Bertz CT molecular complexity index is 195. The van der Waals surface area contributed by atoms with Gasteiger partial charge < -0.3 is 5.32 Å². The number of hydrogen-bond acceptors (Lipinski definition) is 1. The molecule has 0 aromatic rings. The van der Waals surface area contributed by atoms with Gasteiger partial charge in [-0.15, -0.1) is 0 Å². The lowest BCUT2D eigenvalue weighted by molar-refractivity contribution is 0.220. The third kappa shape index (κ3) is 2.50. The Morgan fingerprint density at radius 3 is 2.57 bits per heavy atom. The molecule has 2 aliphatic rings. The van der Waals surface area contributed by atoms with Crippen LogP contribution in [0, 0.1) is 17.3 Å². The zero-order chi connectivity index (χ0) is 10.2. The second kappa shape index (κ2) is 3.84. The first-order valence-corrected chi connectivity index (χ1v) is 6.32. The molecule has 0 radical (unpaired) electrons. The summed E-state index contributed by atoms with van der Waals surface area (Å²) in [7, 11) is 0. The van der Waals surface area contributed by atoms with E-state index < -0.39 is 0 Å². The molecule has 1 nitrogen and oxygen atoms in total. The average Bonchev–Trinajstić information content (AvgIpc) is 2.87. The summed E-state index contributed by atoms with van der Waals surface area (Å²) in [5, 5.41) is 3.80. The topological polar surface area (TPSA) is 12.0 Å². The molecule has 14 heavy (non-hydrogen) atoms. The Hall–Kier alpha value is -0.0400. The third-order valence-corrected chi connectivity index (χ3v) is 4.35. The van der Waals surface area contributed by atoms with E-state index in [1.165, 1.54) is 38.6 Å². The lowest BCUT2D eigenvalue weighted by atomic mass is 9.80. The fourth-order valence-electron chi connectivity index (χ4n) is 2.58. The molecule has 0 aliphatic heterocycles. The van der Waals surface area contributed by atoms with E-state index in [2.05, 4.69) is 26.1 Å². The van der Waals surface area contributed by atoms with E-state index in [-0.39, 0.29) is 0 Å². The maximum atomic E-state index is 3.80. The highest BCUT2D eigenvalue weighted by molar-refractivity contribution is 4.92. The van der Waals surface area contributed by atoms with Gasteiger partial charge in [-0.3, -0.25) is 0 Å². The molecule has 1 heteroatoms. The summed E-state index contributed by atoms with van der Waals surface area (Å²) in [6.45, 7) is 8.49. The standard InChI is InChI=1S/C13H25N/c1-10-4-5-11(2)12(8-10)14-9-13(3)6-7-13/h10-12,14H,4-9H2,1-3H3. The molecule has 0 aromatic carbocycles. The van der Waals surface area contributed by atoms with Crippen molar-refractivity contribution in [2.24, 2.45) is 17.3 Å². The van der Waals surface area contributed by atoms with Gasteiger partial charge in [-0.05, 0) is 42.9 Å². The minimum atomic E-state index is 0.667. The smallest absolute Gasteiger partial charge is 0.00954 e. The van der Waals surface area contributed by atoms with Gasteiger partial charge in [0.2, 0.25) is 0 Å². The average molecular weight is 195 g/mol. The van der Waals surface area contributed by atoms with Crippen LogP contribution in [0.5, 0.6) is 0 Å². The van der Waals surface area contributed by atoms with Gasteiger partial charge in [0, 0.05) is 12.6 Å². The third-order valence-electron chi connectivity index (χ3n) is 4.35. The van der Waals surface area contributed by atoms with Crippen LogP contribution in [0.1, 0.15) is 52.9 Å². The molecule has 2 saturated carbocycles. The van der Waals surface area contributed by atoms with E-state index in [4.69, 9.17) is 0 Å². The van der Waals surface area contributed by atoms with Crippen molar-refractivity contribution in [3.8, 4) is 0 Å². The molecule has 2 fully saturated rings. The minimum Gasteiger partial charge on any atom is -0.313 e. The van der Waals surface area contributed by atoms with Crippen molar-refractivity contribution in [1.29, 1.82) is 0 Å². The molecule has 0 heterocycles. The summed E-state index contributed by atoms with van der Waals surface area (Å²) in [6, 6.07) is 0.802. The highest BCUT2D eigenvalue weighted by Gasteiger charge is 2.38. The summed E-state index contributed by atoms with van der Waals surface area (Å²) in [5.41, 5.74) is 0.667. The first-order valence-electron chi connectivity index (χ1n) is 6.32. The highest BCUT2D eigenvalue weighted by Crippen LogP contribution is 2.44. The zero-order valence-corrected chi connectivity index (χ0v) is 9.97. The van der Waals surface area contributed by atoms with Crippen molar-refractivity contribution in [3.05, 3.63) is 0 Å². The highest BCUT2D eigenvalue weighted by atomic mass is 14.9. The molecule has 0 spiro atoms. The molecule has 2 aliphatic carbocycles. The second-order valence-electron chi connectivity index (χ2n) is 6.19. The normalized spacial score (nSPS) is 40.9. The molecule has 3 unspecified atom stereocenters. The van der Waals surface area contributed by atoms with Crippen LogP contribution >= 0.6 is 0 Å². The molecular weight excluding hydrogens is 170 g/mol. The molecule has 0 amide bonds. The van der Waals surface area contributed by atoms with Crippen LogP contribution in [0.25, 0.3) is 0 Å². The van der Waals surface area contributed by atoms with Crippen LogP contribution < -0.4 is 5.32 Å². The first kappa shape index (κ1) is 10.5. The molecule has 0 bridgehead atoms. The molecule has 82 valence electrons. The van der Waals surface area contributed by atoms with Gasteiger partial charge in [-0.25, -0.2) is 0 Å². The van der Waals surface area contributed by atoms with Gasteiger partial charge in [-0.1, -0.05) is 27.2 Å². The minimum absolute atomic E-state index is 0.667. The van der Waals surface area contributed by atoms with Crippen molar-refractivity contribution in [3.63, 3.8) is 0 Å². The lowest BCUT2D eigenvalue weighted by Gasteiger charge is -2.34. The predicted molar refractivity (Wildman–Crippen MR) is 61.3 cm³/mol. The molecule has 0 saturated heterocycles. The van der Waals surface area contributed by atoms with Crippen molar-refractivity contribution >= 4 is 0 Å². The first-order chi connectivity index (χ1) is 6.59.